The molecule has 1 N–H and O–H groups in total. The van der Waals surface area contributed by atoms with Crippen LogP contribution in [0.15, 0.2) is 28.2 Å². The number of nitrogens with zero attached hydrogens (tertiary/aromatic N) is 3. The molecule has 4 heterocycles. The van der Waals surface area contributed by atoms with Crippen molar-refractivity contribution in [1.82, 2.24) is 15.1 Å². The topological polar surface area (TPSA) is 135 Å². The molecule has 0 aliphatic carbocycles. The molecule has 2 aliphatic rings. The first-order valence-electron chi connectivity index (χ1n) is 10.5. The number of hydrogen-bond donors (Lipinski definition) is 1. The van der Waals surface area contributed by atoms with Gasteiger partial charge in [-0.05, 0) is 36.8 Å². The van der Waals surface area contributed by atoms with Crippen molar-refractivity contribution < 1.29 is 28.5 Å². The van der Waals surface area contributed by atoms with Crippen LogP contribution >= 0.6 is 11.3 Å². The van der Waals surface area contributed by atoms with Gasteiger partial charge < -0.3 is 24.3 Å². The molecule has 176 valence electrons. The molecule has 0 radical (unpaired) electrons. The van der Waals surface area contributed by atoms with Crippen LogP contribution in [0.5, 0.6) is 5.75 Å². The predicted octanol–water partition coefficient (Wildman–Crippen LogP) is 2.14. The molecule has 12 heteroatoms. The van der Waals surface area contributed by atoms with Gasteiger partial charge in [0.2, 0.25) is 11.7 Å². The molecule has 2 saturated heterocycles. The molecule has 2 aromatic heterocycles. The first kappa shape index (κ1) is 22.8. The van der Waals surface area contributed by atoms with E-state index in [1.807, 2.05) is 0 Å². The maximum absolute atomic E-state index is 13.0. The van der Waals surface area contributed by atoms with E-state index >= 15 is 0 Å². The summed E-state index contributed by atoms with van der Waals surface area (Å²) in [4.78, 5) is 51.5. The van der Waals surface area contributed by atoms with Crippen LogP contribution in [0, 0.1) is 15.5 Å². The Morgan fingerprint density at radius 1 is 1.24 bits per heavy atom. The molecule has 33 heavy (non-hydrogen) atoms. The zero-order valence-corrected chi connectivity index (χ0v) is 18.9. The fraction of sp³-hybridized carbons (Fsp3) is 0.476. The van der Waals surface area contributed by atoms with E-state index in [0.29, 0.717) is 26.2 Å². The van der Waals surface area contributed by atoms with Crippen LogP contribution in [0.3, 0.4) is 0 Å². The summed E-state index contributed by atoms with van der Waals surface area (Å²) >= 11 is 0.881. The molecule has 0 bridgehead atoms. The molecule has 0 saturated carbocycles. The lowest BCUT2D eigenvalue weighted by atomic mass is 9.78. The molecule has 0 unspecified atom stereocenters. The monoisotopic (exact) mass is 476 g/mol. The molecular formula is C21H24N4O7S. The van der Waals surface area contributed by atoms with Crippen LogP contribution in [-0.2, 0) is 4.79 Å². The van der Waals surface area contributed by atoms with Crippen LogP contribution in [-0.4, -0.2) is 72.3 Å². The lowest BCUT2D eigenvalue weighted by Crippen LogP contribution is -2.47. The molecule has 2 fully saturated rings. The van der Waals surface area contributed by atoms with Crippen molar-refractivity contribution >= 4 is 34.1 Å². The van der Waals surface area contributed by atoms with Crippen molar-refractivity contribution in [3.05, 3.63) is 45.2 Å². The van der Waals surface area contributed by atoms with Gasteiger partial charge in [0, 0.05) is 31.6 Å². The number of nitrogens with one attached hydrogen (secondary N) is 1. The van der Waals surface area contributed by atoms with Crippen LogP contribution in [0.2, 0.25) is 0 Å². The van der Waals surface area contributed by atoms with Gasteiger partial charge in [0.1, 0.15) is 0 Å². The zero-order valence-electron chi connectivity index (χ0n) is 18.1. The quantitative estimate of drug-likeness (QED) is 0.498. The highest BCUT2D eigenvalue weighted by molar-refractivity contribution is 7.14. The molecule has 4 rings (SSSR count). The van der Waals surface area contributed by atoms with Gasteiger partial charge in [-0.15, -0.1) is 0 Å². The fourth-order valence-electron chi connectivity index (χ4n) is 4.49. The predicted molar refractivity (Wildman–Crippen MR) is 117 cm³/mol. The highest BCUT2D eigenvalue weighted by Crippen LogP contribution is 2.43. The van der Waals surface area contributed by atoms with Crippen molar-refractivity contribution in [2.75, 3.05) is 39.8 Å². The van der Waals surface area contributed by atoms with Gasteiger partial charge >= 0.3 is 5.00 Å². The standard InChI is InChI=1S/C21H24N4O7S/c1-31-17-14(12-33-20(17)25(29)30)19(28)24-9-6-21(13-24)4-7-23(8-5-21)16(26)11-22-18(27)15-3-2-10-32-15/h2-3,10,12H,4-9,11,13H2,1H3,(H,22,27). The van der Waals surface area contributed by atoms with Gasteiger partial charge in [-0.25, -0.2) is 0 Å². The smallest absolute Gasteiger partial charge is 0.366 e. The number of ether oxygens (including phenoxy) is 1. The van der Waals surface area contributed by atoms with Crippen molar-refractivity contribution in [3.8, 4) is 5.75 Å². The number of carbonyl (C=O) groups excluding carboxylic acids is 3. The van der Waals surface area contributed by atoms with Crippen LogP contribution in [0.1, 0.15) is 40.2 Å². The number of piperidine rings is 1. The van der Waals surface area contributed by atoms with E-state index in [1.54, 1.807) is 15.9 Å². The maximum atomic E-state index is 13.0. The van der Waals surface area contributed by atoms with Crippen molar-refractivity contribution in [3.63, 3.8) is 0 Å². The molecule has 11 nitrogen and oxygen atoms in total. The number of carbonyl (C=O) groups is 3. The van der Waals surface area contributed by atoms with E-state index in [9.17, 15) is 24.5 Å². The SMILES string of the molecule is COc1c(C(=O)N2CCC3(CCN(C(=O)CNC(=O)c4ccco4)CC3)C2)csc1[N+](=O)[O-]. The highest BCUT2D eigenvalue weighted by Gasteiger charge is 2.43. The minimum atomic E-state index is -0.546. The molecule has 0 aromatic carbocycles. The summed E-state index contributed by atoms with van der Waals surface area (Å²) in [6.45, 7) is 2.08. The number of furan rings is 1. The first-order chi connectivity index (χ1) is 15.8. The summed E-state index contributed by atoms with van der Waals surface area (Å²) in [7, 11) is 1.32. The average Bonchev–Trinajstić information content (AvgIpc) is 3.57. The Morgan fingerprint density at radius 2 is 1.94 bits per heavy atom. The first-order valence-corrected chi connectivity index (χ1v) is 11.4. The Labute approximate surface area is 193 Å². The second-order valence-electron chi connectivity index (χ2n) is 8.26. The molecule has 3 amide bonds. The summed E-state index contributed by atoms with van der Waals surface area (Å²) in [5, 5.41) is 15.0. The second kappa shape index (κ2) is 9.22. The summed E-state index contributed by atoms with van der Waals surface area (Å²) in [6, 6.07) is 3.13. The number of rotatable bonds is 6. The fourth-order valence-corrected chi connectivity index (χ4v) is 5.31. The zero-order chi connectivity index (χ0) is 23.6. The normalized spacial score (nSPS) is 17.2. The van der Waals surface area contributed by atoms with E-state index < -0.39 is 10.8 Å². The lowest BCUT2D eigenvalue weighted by Gasteiger charge is -2.39. The number of nitro groups is 1. The average molecular weight is 477 g/mol. The summed E-state index contributed by atoms with van der Waals surface area (Å²) < 4.78 is 10.2. The van der Waals surface area contributed by atoms with Crippen molar-refractivity contribution in [2.45, 2.75) is 19.3 Å². The summed E-state index contributed by atoms with van der Waals surface area (Å²) in [5.41, 5.74) is 0.130. The number of methoxy groups -OCH3 is 1. The molecular weight excluding hydrogens is 452 g/mol. The molecule has 2 aliphatic heterocycles. The van der Waals surface area contributed by atoms with Crippen LogP contribution < -0.4 is 10.1 Å². The van der Waals surface area contributed by atoms with Crippen LogP contribution in [0.4, 0.5) is 5.00 Å². The molecule has 2 aromatic rings. The third-order valence-corrected chi connectivity index (χ3v) is 7.29. The largest absolute Gasteiger partial charge is 0.489 e. The number of thiophene rings is 1. The Morgan fingerprint density at radius 3 is 2.55 bits per heavy atom. The minimum absolute atomic E-state index is 0.00737. The Kier molecular flexibility index (Phi) is 6.36. The molecule has 0 atom stereocenters. The number of likely N-dealkylation sites (tertiary alicyclic amines) is 2. The maximum Gasteiger partial charge on any atom is 0.366 e. The van der Waals surface area contributed by atoms with Gasteiger partial charge in [0.25, 0.3) is 11.8 Å². The van der Waals surface area contributed by atoms with E-state index in [0.717, 1.165) is 30.6 Å². The van der Waals surface area contributed by atoms with Crippen molar-refractivity contribution in [1.29, 1.82) is 0 Å². The summed E-state index contributed by atoms with van der Waals surface area (Å²) in [6.07, 6.45) is 3.70. The van der Waals surface area contributed by atoms with Gasteiger partial charge in [0.05, 0.1) is 30.4 Å². The number of amides is 3. The van der Waals surface area contributed by atoms with Crippen molar-refractivity contribution in [2.24, 2.45) is 5.41 Å². The summed E-state index contributed by atoms with van der Waals surface area (Å²) in [5.74, 6) is -0.703. The molecule has 1 spiro atoms. The lowest BCUT2D eigenvalue weighted by molar-refractivity contribution is -0.381. The van der Waals surface area contributed by atoms with E-state index in [2.05, 4.69) is 5.32 Å². The Balaban J connectivity index is 1.31. The van der Waals surface area contributed by atoms with Gasteiger partial charge in [-0.1, -0.05) is 11.3 Å². The number of hydrogen-bond acceptors (Lipinski definition) is 8. The third-order valence-electron chi connectivity index (χ3n) is 6.38. The Bertz CT molecular complexity index is 1060. The third kappa shape index (κ3) is 4.56. The van der Waals surface area contributed by atoms with E-state index in [-0.39, 0.29) is 45.8 Å². The Hall–Kier alpha value is -3.41. The van der Waals surface area contributed by atoms with Gasteiger partial charge in [0.15, 0.2) is 5.76 Å². The van der Waals surface area contributed by atoms with Gasteiger partial charge in [-0.3, -0.25) is 24.5 Å². The van der Waals surface area contributed by atoms with E-state index in [1.165, 1.54) is 24.8 Å². The highest BCUT2D eigenvalue weighted by atomic mass is 32.1. The van der Waals surface area contributed by atoms with Gasteiger partial charge in [-0.2, -0.15) is 0 Å². The van der Waals surface area contributed by atoms with Crippen LogP contribution in [0.25, 0.3) is 0 Å². The second-order valence-corrected chi connectivity index (χ2v) is 9.12. The minimum Gasteiger partial charge on any atom is -0.489 e. The van der Waals surface area contributed by atoms with E-state index in [4.69, 9.17) is 9.15 Å².